The Morgan fingerprint density at radius 2 is 1.77 bits per heavy atom. The molecule has 2 amide bonds. The van der Waals surface area contributed by atoms with Crippen LogP contribution in [0.1, 0.15) is 60.4 Å². The Hall–Kier alpha value is -3.27. The van der Waals surface area contributed by atoms with Crippen molar-refractivity contribution >= 4 is 35.7 Å². The standard InChI is InChI=1S/C30H38ClN3O6/c1-5-40-26(36)16-32-27(37)21-7-6-8-22(15-21)28(38)33-25(18-35)20(2)17-34-14-13-30(39,29(3,4)19-34)23-9-11-24(31)12-10-23/h6-12,15,18,20,25,39H,5,13-14,16-17,19H2,1-4H3,(H,32,37)(H,33,38)/t20-,25?,30-/m0/s1. The highest BCUT2D eigenvalue weighted by Gasteiger charge is 2.48. The molecule has 1 aliphatic heterocycles. The fraction of sp³-hybridized carbons (Fsp3) is 0.467. The van der Waals surface area contributed by atoms with Gasteiger partial charge in [-0.15, -0.1) is 0 Å². The number of amides is 2. The zero-order valence-electron chi connectivity index (χ0n) is 23.4. The van der Waals surface area contributed by atoms with Gasteiger partial charge in [0, 0.05) is 41.2 Å². The van der Waals surface area contributed by atoms with Gasteiger partial charge in [0.2, 0.25) is 0 Å². The van der Waals surface area contributed by atoms with E-state index in [1.54, 1.807) is 31.2 Å². The number of aldehydes is 1. The molecule has 2 aromatic carbocycles. The number of nitrogens with zero attached hydrogens (tertiary/aromatic N) is 1. The van der Waals surface area contributed by atoms with Crippen LogP contribution in [-0.2, 0) is 19.9 Å². The van der Waals surface area contributed by atoms with E-state index in [9.17, 15) is 24.3 Å². The second-order valence-corrected chi connectivity index (χ2v) is 11.4. The quantitative estimate of drug-likeness (QED) is 0.279. The van der Waals surface area contributed by atoms with Gasteiger partial charge in [-0.3, -0.25) is 14.4 Å². The number of hydrogen-bond donors (Lipinski definition) is 3. The Labute approximate surface area is 240 Å². The van der Waals surface area contributed by atoms with E-state index < -0.39 is 34.8 Å². The lowest BCUT2D eigenvalue weighted by Crippen LogP contribution is -2.57. The van der Waals surface area contributed by atoms with Gasteiger partial charge in [0.1, 0.15) is 12.8 Å². The summed E-state index contributed by atoms with van der Waals surface area (Å²) in [5.41, 5.74) is -0.258. The van der Waals surface area contributed by atoms with Gasteiger partial charge < -0.3 is 30.2 Å². The molecule has 1 aliphatic rings. The average Bonchev–Trinajstić information content (AvgIpc) is 2.92. The molecule has 40 heavy (non-hydrogen) atoms. The highest BCUT2D eigenvalue weighted by atomic mass is 35.5. The summed E-state index contributed by atoms with van der Waals surface area (Å²) in [6, 6.07) is 12.6. The number of carbonyl (C=O) groups excluding carboxylic acids is 4. The second kappa shape index (κ2) is 13.4. The summed E-state index contributed by atoms with van der Waals surface area (Å²) >= 11 is 6.04. The van der Waals surface area contributed by atoms with E-state index >= 15 is 0 Å². The minimum Gasteiger partial charge on any atom is -0.465 e. The summed E-state index contributed by atoms with van der Waals surface area (Å²) in [6.45, 7) is 9.30. The molecule has 0 aromatic heterocycles. The molecule has 10 heteroatoms. The largest absolute Gasteiger partial charge is 0.465 e. The topological polar surface area (TPSA) is 125 Å². The van der Waals surface area contributed by atoms with Crippen LogP contribution in [0.3, 0.4) is 0 Å². The third-order valence-electron chi connectivity index (χ3n) is 7.54. The lowest BCUT2D eigenvalue weighted by Gasteiger charge is -2.51. The van der Waals surface area contributed by atoms with Crippen molar-refractivity contribution in [2.24, 2.45) is 11.3 Å². The van der Waals surface area contributed by atoms with Gasteiger partial charge in [-0.1, -0.05) is 50.6 Å². The molecule has 0 spiro atoms. The third-order valence-corrected chi connectivity index (χ3v) is 7.79. The molecule has 1 heterocycles. The molecule has 1 unspecified atom stereocenters. The first-order valence-electron chi connectivity index (χ1n) is 13.4. The van der Waals surface area contributed by atoms with E-state index in [-0.39, 0.29) is 30.2 Å². The molecule has 9 nitrogen and oxygen atoms in total. The number of benzene rings is 2. The predicted octanol–water partition coefficient (Wildman–Crippen LogP) is 3.19. The fourth-order valence-corrected chi connectivity index (χ4v) is 5.30. The first-order chi connectivity index (χ1) is 18.9. The van der Waals surface area contributed by atoms with E-state index in [0.717, 1.165) is 11.8 Å². The number of rotatable bonds is 11. The normalized spacial score (nSPS) is 20.1. The molecule has 1 saturated heterocycles. The smallest absolute Gasteiger partial charge is 0.325 e. The number of nitrogens with one attached hydrogen (secondary N) is 2. The summed E-state index contributed by atoms with van der Waals surface area (Å²) in [5, 5.41) is 17.5. The minimum absolute atomic E-state index is 0.205. The molecule has 0 bridgehead atoms. The molecule has 1 fully saturated rings. The molecule has 3 rings (SSSR count). The number of carbonyl (C=O) groups is 4. The monoisotopic (exact) mass is 571 g/mol. The van der Waals surface area contributed by atoms with E-state index in [4.69, 9.17) is 16.3 Å². The van der Waals surface area contributed by atoms with Crippen LogP contribution in [0.5, 0.6) is 0 Å². The van der Waals surface area contributed by atoms with Gasteiger partial charge in [-0.2, -0.15) is 0 Å². The van der Waals surface area contributed by atoms with Crippen molar-refractivity contribution in [2.45, 2.75) is 45.8 Å². The summed E-state index contributed by atoms with van der Waals surface area (Å²) in [4.78, 5) is 51.1. The van der Waals surface area contributed by atoms with Crippen LogP contribution < -0.4 is 10.6 Å². The van der Waals surface area contributed by atoms with Crippen LogP contribution in [0.4, 0.5) is 0 Å². The van der Waals surface area contributed by atoms with Crippen molar-refractivity contribution < 1.29 is 29.0 Å². The minimum atomic E-state index is -1.02. The van der Waals surface area contributed by atoms with Crippen molar-refractivity contribution in [3.8, 4) is 0 Å². The first-order valence-corrected chi connectivity index (χ1v) is 13.8. The van der Waals surface area contributed by atoms with Crippen LogP contribution in [0, 0.1) is 11.3 Å². The van der Waals surface area contributed by atoms with Crippen LogP contribution in [0.15, 0.2) is 48.5 Å². The maximum atomic E-state index is 13.0. The second-order valence-electron chi connectivity index (χ2n) is 10.9. The number of aliphatic hydroxyl groups is 1. The third kappa shape index (κ3) is 7.47. The van der Waals surface area contributed by atoms with Gasteiger partial charge in [0.15, 0.2) is 0 Å². The van der Waals surface area contributed by atoms with Crippen molar-refractivity contribution in [3.05, 3.63) is 70.2 Å². The van der Waals surface area contributed by atoms with Crippen LogP contribution in [0.25, 0.3) is 0 Å². The van der Waals surface area contributed by atoms with Gasteiger partial charge in [-0.25, -0.2) is 0 Å². The highest BCUT2D eigenvalue weighted by molar-refractivity contribution is 6.30. The molecule has 0 radical (unpaired) electrons. The zero-order valence-corrected chi connectivity index (χ0v) is 24.2. The van der Waals surface area contributed by atoms with Crippen molar-refractivity contribution in [2.75, 3.05) is 32.8 Å². The van der Waals surface area contributed by atoms with Crippen molar-refractivity contribution in [3.63, 3.8) is 0 Å². The van der Waals surface area contributed by atoms with Crippen LogP contribution >= 0.6 is 11.6 Å². The van der Waals surface area contributed by atoms with Crippen molar-refractivity contribution in [1.82, 2.24) is 15.5 Å². The summed E-state index contributed by atoms with van der Waals surface area (Å²) in [5.74, 6) is -1.77. The number of hydrogen-bond acceptors (Lipinski definition) is 7. The SMILES string of the molecule is CCOC(=O)CNC(=O)c1cccc(C(=O)NC(C=O)[C@@H](C)CN2CC[C@](O)(c3ccc(Cl)cc3)C(C)(C)C2)c1. The molecular formula is C30H38ClN3O6. The molecule has 3 atom stereocenters. The predicted molar refractivity (Wildman–Crippen MR) is 152 cm³/mol. The first kappa shape index (κ1) is 31.3. The maximum absolute atomic E-state index is 13.0. The number of ether oxygens (including phenoxy) is 1. The van der Waals surface area contributed by atoms with E-state index in [1.165, 1.54) is 12.1 Å². The Balaban J connectivity index is 1.60. The lowest BCUT2D eigenvalue weighted by atomic mass is 9.66. The Morgan fingerprint density at radius 3 is 2.38 bits per heavy atom. The molecular weight excluding hydrogens is 534 g/mol. The maximum Gasteiger partial charge on any atom is 0.325 e. The number of likely N-dealkylation sites (tertiary alicyclic amines) is 1. The van der Waals surface area contributed by atoms with Crippen LogP contribution in [0.2, 0.25) is 5.02 Å². The number of piperidine rings is 1. The molecule has 216 valence electrons. The molecule has 3 N–H and O–H groups in total. The lowest BCUT2D eigenvalue weighted by molar-refractivity contribution is -0.141. The van der Waals surface area contributed by atoms with Gasteiger partial charge in [0.05, 0.1) is 18.2 Å². The molecule has 2 aromatic rings. The summed E-state index contributed by atoms with van der Waals surface area (Å²) in [7, 11) is 0. The van der Waals surface area contributed by atoms with Gasteiger partial charge in [-0.05, 0) is 55.2 Å². The average molecular weight is 572 g/mol. The number of esters is 1. The highest BCUT2D eigenvalue weighted by Crippen LogP contribution is 2.46. The molecule has 0 saturated carbocycles. The Morgan fingerprint density at radius 1 is 1.12 bits per heavy atom. The Kier molecular flexibility index (Phi) is 10.5. The van der Waals surface area contributed by atoms with Crippen molar-refractivity contribution in [1.29, 1.82) is 0 Å². The van der Waals surface area contributed by atoms with E-state index in [2.05, 4.69) is 15.5 Å². The van der Waals surface area contributed by atoms with Crippen LogP contribution in [-0.4, -0.2) is 72.9 Å². The Bertz CT molecular complexity index is 1220. The fourth-order valence-electron chi connectivity index (χ4n) is 5.18. The number of halogens is 1. The summed E-state index contributed by atoms with van der Waals surface area (Å²) < 4.78 is 4.80. The zero-order chi connectivity index (χ0) is 29.5. The van der Waals surface area contributed by atoms with E-state index in [1.807, 2.05) is 32.9 Å². The van der Waals surface area contributed by atoms with Gasteiger partial charge in [0.25, 0.3) is 11.8 Å². The summed E-state index contributed by atoms with van der Waals surface area (Å²) in [6.07, 6.45) is 1.23. The van der Waals surface area contributed by atoms with Gasteiger partial charge >= 0.3 is 5.97 Å². The molecule has 0 aliphatic carbocycles. The van der Waals surface area contributed by atoms with E-state index in [0.29, 0.717) is 31.1 Å².